The lowest BCUT2D eigenvalue weighted by Gasteiger charge is -2.08. The number of benzene rings is 1. The van der Waals surface area contributed by atoms with Crippen molar-refractivity contribution in [3.63, 3.8) is 0 Å². The fraction of sp³-hybridized carbons (Fsp3) is 0.286. The van der Waals surface area contributed by atoms with Crippen LogP contribution in [0.1, 0.15) is 29.4 Å². The van der Waals surface area contributed by atoms with E-state index in [-0.39, 0.29) is 17.0 Å². The summed E-state index contributed by atoms with van der Waals surface area (Å²) in [5.74, 6) is -4.94. The first kappa shape index (κ1) is 15.1. The van der Waals surface area contributed by atoms with Gasteiger partial charge in [0.15, 0.2) is 28.9 Å². The molecule has 7 heteroatoms. The number of methoxy groups -OCH3 is 1. The molecule has 2 aromatic rings. The van der Waals surface area contributed by atoms with Crippen LogP contribution in [0.3, 0.4) is 0 Å². The van der Waals surface area contributed by atoms with E-state index >= 15 is 0 Å². The van der Waals surface area contributed by atoms with Crippen molar-refractivity contribution in [1.29, 1.82) is 0 Å². The monoisotopic (exact) mass is 298 g/mol. The second-order valence-electron chi connectivity index (χ2n) is 4.37. The van der Waals surface area contributed by atoms with Gasteiger partial charge in [0.25, 0.3) is 0 Å². The van der Waals surface area contributed by atoms with Gasteiger partial charge in [-0.25, -0.2) is 13.2 Å². The molecule has 1 aromatic heterocycles. The number of ketones is 1. The van der Waals surface area contributed by atoms with Gasteiger partial charge in [0.05, 0.1) is 13.3 Å². The van der Waals surface area contributed by atoms with Gasteiger partial charge < -0.3 is 4.74 Å². The zero-order valence-corrected chi connectivity index (χ0v) is 11.5. The summed E-state index contributed by atoms with van der Waals surface area (Å²) in [5.41, 5.74) is -0.229. The molecule has 0 saturated heterocycles. The molecule has 0 aliphatic carbocycles. The van der Waals surface area contributed by atoms with E-state index in [2.05, 4.69) is 5.10 Å². The molecule has 4 nitrogen and oxygen atoms in total. The second-order valence-corrected chi connectivity index (χ2v) is 4.37. The molecular formula is C14H13F3N2O2. The summed E-state index contributed by atoms with van der Waals surface area (Å²) in [4.78, 5) is 12.4. The SMILES string of the molecule is CCCn1ncc(OC)c1C(=O)c1cc(F)c(F)c(F)c1. The van der Waals surface area contributed by atoms with Crippen molar-refractivity contribution in [2.24, 2.45) is 0 Å². The summed E-state index contributed by atoms with van der Waals surface area (Å²) < 4.78 is 45.9. The summed E-state index contributed by atoms with van der Waals surface area (Å²) in [6.07, 6.45) is 2.05. The van der Waals surface area contributed by atoms with Crippen LogP contribution in [0.4, 0.5) is 13.2 Å². The van der Waals surface area contributed by atoms with E-state index in [1.807, 2.05) is 6.92 Å². The molecule has 0 unspecified atom stereocenters. The fourth-order valence-electron chi connectivity index (χ4n) is 1.95. The summed E-state index contributed by atoms with van der Waals surface area (Å²) in [6, 6.07) is 1.31. The lowest BCUT2D eigenvalue weighted by Crippen LogP contribution is -2.13. The molecule has 0 aliphatic heterocycles. The van der Waals surface area contributed by atoms with Crippen molar-refractivity contribution in [2.75, 3.05) is 7.11 Å². The maximum atomic E-state index is 13.3. The van der Waals surface area contributed by atoms with Crippen LogP contribution < -0.4 is 4.74 Å². The molecular weight excluding hydrogens is 285 g/mol. The second kappa shape index (κ2) is 5.99. The first-order valence-electron chi connectivity index (χ1n) is 6.28. The van der Waals surface area contributed by atoms with Crippen LogP contribution >= 0.6 is 0 Å². The van der Waals surface area contributed by atoms with Crippen molar-refractivity contribution in [1.82, 2.24) is 9.78 Å². The van der Waals surface area contributed by atoms with E-state index in [0.29, 0.717) is 25.1 Å². The minimum Gasteiger partial charge on any atom is -0.493 e. The number of carbonyl (C=O) groups is 1. The first-order valence-corrected chi connectivity index (χ1v) is 6.28. The number of hydrogen-bond acceptors (Lipinski definition) is 3. The molecule has 0 spiro atoms. The highest BCUT2D eigenvalue weighted by Crippen LogP contribution is 2.23. The van der Waals surface area contributed by atoms with Gasteiger partial charge in [-0.15, -0.1) is 0 Å². The number of nitrogens with zero attached hydrogens (tertiary/aromatic N) is 2. The fourth-order valence-corrected chi connectivity index (χ4v) is 1.95. The van der Waals surface area contributed by atoms with Gasteiger partial charge in [0.1, 0.15) is 0 Å². The predicted octanol–water partition coefficient (Wildman–Crippen LogP) is 2.95. The highest BCUT2D eigenvalue weighted by molar-refractivity contribution is 6.09. The Bertz CT molecular complexity index is 660. The van der Waals surface area contributed by atoms with Gasteiger partial charge >= 0.3 is 0 Å². The van der Waals surface area contributed by atoms with Crippen molar-refractivity contribution < 1.29 is 22.7 Å². The lowest BCUT2D eigenvalue weighted by molar-refractivity contribution is 0.102. The molecule has 0 fully saturated rings. The number of aryl methyl sites for hydroxylation is 1. The van der Waals surface area contributed by atoms with Crippen molar-refractivity contribution >= 4 is 5.78 Å². The van der Waals surface area contributed by atoms with Crippen molar-refractivity contribution in [2.45, 2.75) is 19.9 Å². The molecule has 1 heterocycles. The zero-order valence-electron chi connectivity index (χ0n) is 11.5. The summed E-state index contributed by atoms with van der Waals surface area (Å²) in [7, 11) is 1.36. The van der Waals surface area contributed by atoms with Crippen molar-refractivity contribution in [3.8, 4) is 5.75 Å². The number of halogens is 3. The van der Waals surface area contributed by atoms with E-state index in [1.54, 1.807) is 0 Å². The predicted molar refractivity (Wildman–Crippen MR) is 68.8 cm³/mol. The molecule has 0 saturated carbocycles. The Balaban J connectivity index is 2.51. The standard InChI is InChI=1S/C14H13F3N2O2/c1-3-4-19-13(11(21-2)7-18-19)14(20)8-5-9(15)12(17)10(16)6-8/h5-7H,3-4H2,1-2H3. The molecule has 0 bridgehead atoms. The molecule has 0 radical (unpaired) electrons. The van der Waals surface area contributed by atoms with E-state index < -0.39 is 23.2 Å². The van der Waals surface area contributed by atoms with Crippen LogP contribution in [-0.4, -0.2) is 22.7 Å². The van der Waals surface area contributed by atoms with Crippen LogP contribution in [-0.2, 0) is 6.54 Å². The van der Waals surface area contributed by atoms with Gasteiger partial charge in [0, 0.05) is 12.1 Å². The van der Waals surface area contributed by atoms with Gasteiger partial charge in [-0.05, 0) is 18.6 Å². The van der Waals surface area contributed by atoms with Gasteiger partial charge in [-0.1, -0.05) is 6.92 Å². The lowest BCUT2D eigenvalue weighted by atomic mass is 10.1. The average Bonchev–Trinajstić information content (AvgIpc) is 2.86. The number of carbonyl (C=O) groups excluding carboxylic acids is 1. The minimum atomic E-state index is -1.61. The van der Waals surface area contributed by atoms with E-state index in [4.69, 9.17) is 4.74 Å². The first-order chi connectivity index (χ1) is 9.99. The molecule has 21 heavy (non-hydrogen) atoms. The normalized spacial score (nSPS) is 10.7. The molecule has 112 valence electrons. The van der Waals surface area contributed by atoms with E-state index in [1.165, 1.54) is 18.0 Å². The zero-order chi connectivity index (χ0) is 15.6. The van der Waals surface area contributed by atoms with Crippen LogP contribution in [0.5, 0.6) is 5.75 Å². The van der Waals surface area contributed by atoms with Gasteiger partial charge in [-0.3, -0.25) is 9.48 Å². The molecule has 0 aliphatic rings. The summed E-state index contributed by atoms with van der Waals surface area (Å²) >= 11 is 0. The van der Waals surface area contributed by atoms with Crippen LogP contribution in [0.25, 0.3) is 0 Å². The van der Waals surface area contributed by atoms with Gasteiger partial charge in [0.2, 0.25) is 5.78 Å². The van der Waals surface area contributed by atoms with Gasteiger partial charge in [-0.2, -0.15) is 5.10 Å². The Kier molecular flexibility index (Phi) is 4.30. The Labute approximate surface area is 119 Å². The van der Waals surface area contributed by atoms with Crippen molar-refractivity contribution in [3.05, 3.63) is 47.0 Å². The third-order valence-electron chi connectivity index (χ3n) is 2.92. The van der Waals surface area contributed by atoms with E-state index in [9.17, 15) is 18.0 Å². The average molecular weight is 298 g/mol. The Morgan fingerprint density at radius 1 is 1.29 bits per heavy atom. The maximum absolute atomic E-state index is 13.3. The van der Waals surface area contributed by atoms with Crippen LogP contribution in [0.15, 0.2) is 18.3 Å². The Hall–Kier alpha value is -2.31. The summed E-state index contributed by atoms with van der Waals surface area (Å²) in [5, 5.41) is 3.99. The molecule has 2 rings (SSSR count). The molecule has 0 atom stereocenters. The minimum absolute atomic E-state index is 0.0739. The topological polar surface area (TPSA) is 44.1 Å². The maximum Gasteiger partial charge on any atom is 0.215 e. The number of hydrogen-bond donors (Lipinski definition) is 0. The number of aromatic nitrogens is 2. The van der Waals surface area contributed by atoms with Crippen LogP contribution in [0, 0.1) is 17.5 Å². The quantitative estimate of drug-likeness (QED) is 0.629. The Morgan fingerprint density at radius 2 is 1.90 bits per heavy atom. The number of rotatable bonds is 5. The molecule has 0 N–H and O–H groups in total. The summed E-state index contributed by atoms with van der Waals surface area (Å²) in [6.45, 7) is 2.33. The third-order valence-corrected chi connectivity index (χ3v) is 2.92. The largest absolute Gasteiger partial charge is 0.493 e. The Morgan fingerprint density at radius 3 is 2.43 bits per heavy atom. The third kappa shape index (κ3) is 2.76. The molecule has 0 amide bonds. The van der Waals surface area contributed by atoms with Crippen LogP contribution in [0.2, 0.25) is 0 Å². The smallest absolute Gasteiger partial charge is 0.215 e. The highest BCUT2D eigenvalue weighted by Gasteiger charge is 2.23. The van der Waals surface area contributed by atoms with E-state index in [0.717, 1.165) is 0 Å². The number of ether oxygens (including phenoxy) is 1. The highest BCUT2D eigenvalue weighted by atomic mass is 19.2. The molecule has 1 aromatic carbocycles.